The lowest BCUT2D eigenvalue weighted by atomic mass is 9.33. The zero-order chi connectivity index (χ0) is 47.7. The van der Waals surface area contributed by atoms with Crippen molar-refractivity contribution in [1.82, 2.24) is 0 Å². The molecule has 0 unspecified atom stereocenters. The average molecular weight is 887 g/mol. The lowest BCUT2D eigenvalue weighted by molar-refractivity contribution is 0.589. The van der Waals surface area contributed by atoms with Gasteiger partial charge in [0.1, 0.15) is 11.2 Å². The van der Waals surface area contributed by atoms with Crippen LogP contribution in [0.15, 0.2) is 168 Å². The van der Waals surface area contributed by atoms with Crippen LogP contribution in [0.3, 0.4) is 0 Å². The second-order valence-electron chi connectivity index (χ2n) is 23.5. The van der Waals surface area contributed by atoms with Crippen molar-refractivity contribution < 1.29 is 4.42 Å². The summed E-state index contributed by atoms with van der Waals surface area (Å²) in [4.78, 5) is 5.19. The van der Waals surface area contributed by atoms with Gasteiger partial charge in [-0.2, -0.15) is 0 Å². The molecule has 1 aromatic heterocycles. The van der Waals surface area contributed by atoms with Gasteiger partial charge >= 0.3 is 0 Å². The molecule has 2 aliphatic heterocycles. The molecule has 0 spiro atoms. The lowest BCUT2D eigenvalue weighted by Crippen LogP contribution is -2.62. The highest BCUT2D eigenvalue weighted by Crippen LogP contribution is 2.50. The molecule has 3 heterocycles. The second-order valence-corrected chi connectivity index (χ2v) is 23.5. The molecule has 68 heavy (non-hydrogen) atoms. The van der Waals surface area contributed by atoms with Crippen molar-refractivity contribution in [3.05, 3.63) is 186 Å². The van der Waals surface area contributed by atoms with E-state index in [1.807, 2.05) is 6.07 Å². The number of hydrogen-bond donors (Lipinski definition) is 0. The third-order valence-electron chi connectivity index (χ3n) is 14.7. The molecular weight excluding hydrogens is 824 g/mol. The van der Waals surface area contributed by atoms with Gasteiger partial charge in [0, 0.05) is 50.3 Å². The van der Waals surface area contributed by atoms with Crippen LogP contribution in [0.25, 0.3) is 44.2 Å². The quantitative estimate of drug-likeness (QED) is 0.164. The van der Waals surface area contributed by atoms with E-state index in [0.29, 0.717) is 0 Å². The zero-order valence-electron chi connectivity index (χ0n) is 42.0. The molecule has 8 aromatic carbocycles. The van der Waals surface area contributed by atoms with E-state index in [1.54, 1.807) is 0 Å². The fraction of sp³-hybridized carbons (Fsp3) is 0.250. The average Bonchev–Trinajstić information content (AvgIpc) is 3.69. The highest BCUT2D eigenvalue weighted by Gasteiger charge is 2.45. The smallest absolute Gasteiger partial charge is 0.252 e. The van der Waals surface area contributed by atoms with E-state index in [1.165, 1.54) is 78.2 Å². The van der Waals surface area contributed by atoms with E-state index >= 15 is 0 Å². The third kappa shape index (κ3) is 7.18. The Hall–Kier alpha value is -6.78. The minimum Gasteiger partial charge on any atom is -0.455 e. The van der Waals surface area contributed by atoms with Gasteiger partial charge in [-0.1, -0.05) is 192 Å². The lowest BCUT2D eigenvalue weighted by Gasteiger charge is -2.46. The van der Waals surface area contributed by atoms with E-state index in [9.17, 15) is 0 Å². The van der Waals surface area contributed by atoms with Crippen molar-refractivity contribution >= 4 is 79.2 Å². The molecular formula is C64H63BN2O. The number of benzene rings is 8. The molecule has 0 fully saturated rings. The minimum absolute atomic E-state index is 0.00453. The van der Waals surface area contributed by atoms with Gasteiger partial charge < -0.3 is 14.2 Å². The molecule has 0 bridgehead atoms. The van der Waals surface area contributed by atoms with Crippen LogP contribution in [0, 0.1) is 0 Å². The van der Waals surface area contributed by atoms with E-state index in [-0.39, 0.29) is 28.4 Å². The van der Waals surface area contributed by atoms with E-state index < -0.39 is 0 Å². The van der Waals surface area contributed by atoms with Gasteiger partial charge in [-0.25, -0.2) is 0 Å². The largest absolute Gasteiger partial charge is 0.455 e. The van der Waals surface area contributed by atoms with Crippen molar-refractivity contribution in [1.29, 1.82) is 0 Å². The molecule has 0 saturated carbocycles. The second kappa shape index (κ2) is 15.4. The van der Waals surface area contributed by atoms with E-state index in [2.05, 4.69) is 251 Å². The van der Waals surface area contributed by atoms with Gasteiger partial charge in [-0.3, -0.25) is 0 Å². The Morgan fingerprint density at radius 1 is 0.368 bits per heavy atom. The Morgan fingerprint density at radius 3 is 1.47 bits per heavy atom. The van der Waals surface area contributed by atoms with Gasteiger partial charge in [0.15, 0.2) is 0 Å². The first-order valence-corrected chi connectivity index (χ1v) is 24.5. The number of nitrogens with zero attached hydrogens (tertiary/aromatic N) is 2. The summed E-state index contributed by atoms with van der Waals surface area (Å²) >= 11 is 0. The van der Waals surface area contributed by atoms with Crippen LogP contribution in [0.4, 0.5) is 34.1 Å². The monoisotopic (exact) mass is 887 g/mol. The summed E-state index contributed by atoms with van der Waals surface area (Å²) in [5.74, 6) is 0. The number of para-hydroxylation sites is 2. The molecule has 0 atom stereocenters. The maximum Gasteiger partial charge on any atom is 0.252 e. The van der Waals surface area contributed by atoms with E-state index in [0.717, 1.165) is 38.8 Å². The van der Waals surface area contributed by atoms with Crippen LogP contribution in [0.1, 0.15) is 105 Å². The van der Waals surface area contributed by atoms with Crippen LogP contribution in [0.2, 0.25) is 0 Å². The number of anilines is 6. The summed E-state index contributed by atoms with van der Waals surface area (Å²) in [5, 5.41) is 2.28. The van der Waals surface area contributed by atoms with E-state index in [4.69, 9.17) is 4.42 Å². The zero-order valence-corrected chi connectivity index (χ0v) is 42.0. The Balaban J connectivity index is 1.21. The van der Waals surface area contributed by atoms with Crippen molar-refractivity contribution in [3.8, 4) is 22.3 Å². The predicted octanol–water partition coefficient (Wildman–Crippen LogP) is 16.2. The van der Waals surface area contributed by atoms with Crippen molar-refractivity contribution in [2.75, 3.05) is 9.80 Å². The first-order chi connectivity index (χ1) is 32.3. The van der Waals surface area contributed by atoms with Gasteiger partial charge in [-0.05, 0) is 126 Å². The fourth-order valence-corrected chi connectivity index (χ4v) is 10.7. The number of furan rings is 1. The van der Waals surface area contributed by atoms with Crippen molar-refractivity contribution in [2.45, 2.75) is 105 Å². The van der Waals surface area contributed by atoms with Gasteiger partial charge in [-0.15, -0.1) is 0 Å². The first kappa shape index (κ1) is 43.8. The summed E-state index contributed by atoms with van der Waals surface area (Å²) in [6.45, 7) is 28.1. The number of hydrogen-bond acceptors (Lipinski definition) is 3. The van der Waals surface area contributed by atoms with Crippen molar-refractivity contribution in [2.24, 2.45) is 0 Å². The molecule has 0 aliphatic carbocycles. The van der Waals surface area contributed by atoms with Crippen molar-refractivity contribution in [3.63, 3.8) is 0 Å². The first-order valence-electron chi connectivity index (χ1n) is 24.5. The van der Waals surface area contributed by atoms with Gasteiger partial charge in [0.25, 0.3) is 6.71 Å². The molecule has 0 amide bonds. The number of fused-ring (bicyclic) bond motifs is 7. The normalized spacial score (nSPS) is 13.8. The topological polar surface area (TPSA) is 19.6 Å². The molecule has 3 nitrogen and oxygen atoms in total. The SMILES string of the molecule is CC(C)(C)c1ccc2c(c1)B1c3cc(C(C)(C)C)ccc3N(c3ccc(C(C)(C)C)cc3-c3ccccc3)c3cc(C(C)(C)C)cc(c31)N2c1ccc(-c2cccc3c2oc2ccccc23)cc1. The summed E-state index contributed by atoms with van der Waals surface area (Å²) < 4.78 is 6.55. The minimum atomic E-state index is -0.140. The van der Waals surface area contributed by atoms with Crippen LogP contribution in [0.5, 0.6) is 0 Å². The molecule has 9 aromatic rings. The molecule has 0 radical (unpaired) electrons. The highest BCUT2D eigenvalue weighted by molar-refractivity contribution is 7.00. The standard InChI is InChI=1S/C64H63BN2O/c1-61(2,3)42-27-32-53(50(35-42)40-19-14-13-15-20-40)67-55-34-29-44(63(7,8)9)37-52(55)65-51-36-43(62(4,5)6)28-33-54(51)66(56-38-45(64(10,11)12)39-57(67)59(56)65)46-30-25-41(26-31-46)47-22-18-23-49-48-21-16-17-24-58(48)68-60(47)49/h13-39H,1-12H3. The summed E-state index contributed by atoms with van der Waals surface area (Å²) in [7, 11) is 0. The molecule has 11 rings (SSSR count). The van der Waals surface area contributed by atoms with Crippen LogP contribution in [-0.4, -0.2) is 6.71 Å². The summed E-state index contributed by atoms with van der Waals surface area (Å²) in [6, 6.07) is 62.0. The maximum atomic E-state index is 6.55. The maximum absolute atomic E-state index is 6.55. The Bertz CT molecular complexity index is 3440. The Labute approximate surface area is 404 Å². The summed E-state index contributed by atoms with van der Waals surface area (Å²) in [5.41, 5.74) is 22.8. The highest BCUT2D eigenvalue weighted by atomic mass is 16.3. The van der Waals surface area contributed by atoms with Crippen LogP contribution < -0.4 is 26.2 Å². The van der Waals surface area contributed by atoms with Crippen LogP contribution in [-0.2, 0) is 21.7 Å². The Kier molecular flexibility index (Phi) is 9.90. The summed E-state index contributed by atoms with van der Waals surface area (Å²) in [6.07, 6.45) is 0. The predicted molar refractivity (Wildman–Crippen MR) is 293 cm³/mol. The van der Waals surface area contributed by atoms with Gasteiger partial charge in [0.05, 0.1) is 5.69 Å². The molecule has 2 aliphatic rings. The molecule has 338 valence electrons. The molecule has 0 saturated heterocycles. The number of rotatable bonds is 4. The third-order valence-corrected chi connectivity index (χ3v) is 14.7. The van der Waals surface area contributed by atoms with Gasteiger partial charge in [0.2, 0.25) is 0 Å². The molecule has 4 heteroatoms. The Morgan fingerprint density at radius 2 is 0.868 bits per heavy atom. The molecule has 0 N–H and O–H groups in total. The fourth-order valence-electron chi connectivity index (χ4n) is 10.7. The van der Waals surface area contributed by atoms with Crippen LogP contribution >= 0.6 is 0 Å².